The van der Waals surface area contributed by atoms with Crippen molar-refractivity contribution in [2.75, 3.05) is 0 Å². The molecule has 0 amide bonds. The Morgan fingerprint density at radius 1 is 1.00 bits per heavy atom. The number of esters is 1. The molecule has 1 atom stereocenters. The van der Waals surface area contributed by atoms with Gasteiger partial charge in [0, 0.05) is 28.8 Å². The van der Waals surface area contributed by atoms with Crippen molar-refractivity contribution in [1.82, 2.24) is 0 Å². The smallest absolute Gasteiger partial charge is 0.340 e. The third kappa shape index (κ3) is 1.69. The van der Waals surface area contributed by atoms with Crippen molar-refractivity contribution < 1.29 is 34.1 Å². The lowest BCUT2D eigenvalue weighted by atomic mass is 9.77. The van der Waals surface area contributed by atoms with Gasteiger partial charge in [0.15, 0.2) is 5.60 Å². The van der Waals surface area contributed by atoms with Crippen LogP contribution in [-0.2, 0) is 10.3 Å². The van der Waals surface area contributed by atoms with Gasteiger partial charge in [-0.3, -0.25) is 0 Å². The highest BCUT2D eigenvalue weighted by molar-refractivity contribution is 5.97. The van der Waals surface area contributed by atoms with Crippen molar-refractivity contribution in [3.63, 3.8) is 0 Å². The third-order valence-electron chi connectivity index (χ3n) is 4.15. The van der Waals surface area contributed by atoms with E-state index in [0.29, 0.717) is 0 Å². The zero-order chi connectivity index (χ0) is 24.0. The zero-order valence-corrected chi connectivity index (χ0v) is 12.3. The van der Waals surface area contributed by atoms with Crippen molar-refractivity contribution in [3.8, 4) is 23.0 Å². The van der Waals surface area contributed by atoms with Crippen LogP contribution in [0.25, 0.3) is 0 Å². The molecule has 122 valence electrons. The van der Waals surface area contributed by atoms with Gasteiger partial charge in [-0.1, -0.05) is 18.1 Å². The Labute approximate surface area is 154 Å². The van der Waals surface area contributed by atoms with Gasteiger partial charge in [0.1, 0.15) is 23.0 Å². The van der Waals surface area contributed by atoms with E-state index in [0.717, 1.165) is 6.07 Å². The van der Waals surface area contributed by atoms with Crippen molar-refractivity contribution in [3.05, 3.63) is 82.7 Å². The fraction of sp³-hybridized carbons (Fsp3) is 0.0500. The van der Waals surface area contributed by atoms with Gasteiger partial charge >= 0.3 is 5.97 Å². The summed E-state index contributed by atoms with van der Waals surface area (Å²) in [4.78, 5) is 13.0. The molecule has 2 N–H and O–H groups in total. The lowest BCUT2D eigenvalue weighted by Gasteiger charge is -2.36. The van der Waals surface area contributed by atoms with Crippen LogP contribution < -0.4 is 4.74 Å². The number of hydrogen-bond acceptors (Lipinski definition) is 5. The van der Waals surface area contributed by atoms with E-state index in [-0.39, 0.29) is 28.2 Å². The molecule has 2 aliphatic rings. The average Bonchev–Trinajstić information content (AvgIpc) is 3.07. The number of ether oxygens (including phenoxy) is 2. The fourth-order valence-electron chi connectivity index (χ4n) is 3.16. The molecule has 1 unspecified atom stereocenters. The minimum Gasteiger partial charge on any atom is -0.508 e. The van der Waals surface area contributed by atoms with E-state index in [1.807, 2.05) is 0 Å². The summed E-state index contributed by atoms with van der Waals surface area (Å²) >= 11 is 0. The molecule has 0 bridgehead atoms. The number of hydrogen-bond donors (Lipinski definition) is 2. The van der Waals surface area contributed by atoms with E-state index in [1.54, 1.807) is 0 Å². The van der Waals surface area contributed by atoms with Crippen LogP contribution in [-0.4, -0.2) is 17.6 Å². The van der Waals surface area contributed by atoms with Crippen LogP contribution in [0.4, 0.5) is 0 Å². The Bertz CT molecular complexity index is 1420. The van der Waals surface area contributed by atoms with E-state index in [2.05, 4.69) is 5.11 Å². The molecule has 1 spiro atoms. The number of benzene rings is 3. The van der Waals surface area contributed by atoms with Crippen LogP contribution in [0.3, 0.4) is 0 Å². The first-order chi connectivity index (χ1) is 15.6. The molecule has 5 rings (SSSR count). The summed E-state index contributed by atoms with van der Waals surface area (Å²) in [6.45, 7) is 0. The maximum Gasteiger partial charge on any atom is 0.340 e. The summed E-state index contributed by atoms with van der Waals surface area (Å²) in [5.41, 5.74) is -3.23. The van der Waals surface area contributed by atoms with Gasteiger partial charge in [0.05, 0.1) is 15.2 Å². The maximum atomic E-state index is 13.0. The van der Waals surface area contributed by atoms with E-state index in [9.17, 15) is 9.90 Å². The van der Waals surface area contributed by atoms with Crippen LogP contribution >= 0.6 is 0 Å². The highest BCUT2D eigenvalue weighted by Gasteiger charge is 2.53. The number of fused-ring (bicyclic) bond motifs is 6. The largest absolute Gasteiger partial charge is 0.508 e. The molecule has 3 aromatic carbocycles. The second-order valence-electron chi connectivity index (χ2n) is 5.51. The standard InChI is InChI=1S/C20H12O5/c21-11-5-7-15-17(9-11)24-18-10-12(22)6-8-16(18)20(15)14-4-2-1-3-13(14)19(23)25-20/h1-10,21-22H/i1T,2T,3T,4T,5T,7T,9T/hT. The fourth-order valence-corrected chi connectivity index (χ4v) is 3.16. The minimum atomic E-state index is -2.18. The molecule has 2 heterocycles. The number of carbonyl (C=O) groups excluding carboxylic acids is 1. The summed E-state index contributed by atoms with van der Waals surface area (Å²) in [6, 6.07) is -0.787. The molecular formula is C20H12O5. The number of rotatable bonds is 1. The first kappa shape index (κ1) is 8.07. The van der Waals surface area contributed by atoms with Crippen LogP contribution in [0, 0.1) is 0 Å². The summed E-state index contributed by atoms with van der Waals surface area (Å²) in [5, 5.41) is 14.3. The van der Waals surface area contributed by atoms with Gasteiger partial charge < -0.3 is 19.7 Å². The van der Waals surface area contributed by atoms with Gasteiger partial charge in [-0.25, -0.2) is 4.79 Å². The summed E-state index contributed by atoms with van der Waals surface area (Å²) in [6.07, 6.45) is 0. The number of carbonyl (C=O) groups is 1. The summed E-state index contributed by atoms with van der Waals surface area (Å²) in [5.74, 6) is -2.47. The minimum absolute atomic E-state index is 0.0248. The first-order valence-corrected chi connectivity index (χ1v) is 7.19. The number of phenolic OH excluding ortho intramolecular Hbond substituents is 2. The van der Waals surface area contributed by atoms with Gasteiger partial charge in [0.2, 0.25) is 0 Å². The van der Waals surface area contributed by atoms with Crippen LogP contribution in [0.5, 0.6) is 23.0 Å². The molecule has 0 aliphatic carbocycles. The Morgan fingerprint density at radius 2 is 1.88 bits per heavy atom. The predicted octanol–water partition coefficient (Wildman–Crippen LogP) is 3.67. The topological polar surface area (TPSA) is 76.0 Å². The molecule has 0 saturated carbocycles. The quantitative estimate of drug-likeness (QED) is 0.656. The molecule has 2 aliphatic heterocycles. The Balaban J connectivity index is 2.04. The summed E-state index contributed by atoms with van der Waals surface area (Å²) in [7, 11) is 0. The average molecular weight is 348 g/mol. The van der Waals surface area contributed by atoms with Gasteiger partial charge in [-0.05, 0) is 30.3 Å². The van der Waals surface area contributed by atoms with E-state index in [4.69, 9.17) is 20.5 Å². The Hall–Kier alpha value is -3.47. The molecule has 5 nitrogen and oxygen atoms in total. The zero-order valence-electron chi connectivity index (χ0n) is 20.3. The number of aromatic hydroxyl groups is 2. The predicted molar refractivity (Wildman–Crippen MR) is 88.0 cm³/mol. The second kappa shape index (κ2) is 4.54. The van der Waals surface area contributed by atoms with E-state index >= 15 is 0 Å². The highest BCUT2D eigenvalue weighted by atomic mass is 16.6. The monoisotopic (exact) mass is 348 g/mol. The lowest BCUT2D eigenvalue weighted by Crippen LogP contribution is -2.32. The first-order valence-electron chi connectivity index (χ1n) is 11.1. The van der Waals surface area contributed by atoms with Crippen molar-refractivity contribution >= 4 is 5.97 Å². The molecule has 0 aromatic heterocycles. The lowest BCUT2D eigenvalue weighted by molar-refractivity contribution is 0.0224. The third-order valence-corrected chi connectivity index (χ3v) is 4.15. The molecule has 25 heavy (non-hydrogen) atoms. The Kier molecular flexibility index (Phi) is 1.47. The summed E-state index contributed by atoms with van der Waals surface area (Å²) < 4.78 is 76.6. The van der Waals surface area contributed by atoms with Crippen LogP contribution in [0.15, 0.2) is 60.5 Å². The second-order valence-corrected chi connectivity index (χ2v) is 5.51. The molecule has 0 fully saturated rings. The van der Waals surface area contributed by atoms with Crippen molar-refractivity contribution in [1.29, 1.82) is 1.43 Å². The van der Waals surface area contributed by atoms with Gasteiger partial charge in [-0.2, -0.15) is 0 Å². The SMILES string of the molecule is [3H]Oc1c([3H])c([3H])c2c(c1[3H])Oc1cc(O)ccc1C21OC(=O)c2c([3H])c([3H])c([3H])c([3H])c21. The van der Waals surface area contributed by atoms with Crippen LogP contribution in [0.2, 0.25) is 0 Å². The van der Waals surface area contributed by atoms with Crippen molar-refractivity contribution in [2.24, 2.45) is 0 Å². The Morgan fingerprint density at radius 3 is 2.76 bits per heavy atom. The van der Waals surface area contributed by atoms with E-state index < -0.39 is 70.9 Å². The van der Waals surface area contributed by atoms with Gasteiger partial charge in [-0.15, -0.1) is 0 Å². The normalized spacial score (nSPS) is 23.9. The molecule has 3 aromatic rings. The number of phenols is 2. The molecule has 0 radical (unpaired) electrons. The van der Waals surface area contributed by atoms with Crippen molar-refractivity contribution in [2.45, 2.75) is 5.60 Å². The van der Waals surface area contributed by atoms with Gasteiger partial charge in [0.25, 0.3) is 1.43 Å². The highest BCUT2D eigenvalue weighted by Crippen LogP contribution is 2.56. The maximum absolute atomic E-state index is 13.0. The molecule has 5 heteroatoms. The van der Waals surface area contributed by atoms with Crippen LogP contribution in [0.1, 0.15) is 36.6 Å². The van der Waals surface area contributed by atoms with E-state index in [1.165, 1.54) is 12.1 Å². The molecular weight excluding hydrogens is 320 g/mol. The molecule has 0 saturated heterocycles.